The molecule has 0 unspecified atom stereocenters. The number of nitrogens with zero attached hydrogens (tertiary/aromatic N) is 1. The highest BCUT2D eigenvalue weighted by molar-refractivity contribution is 4.96. The molecule has 3 rings (SSSR count). The number of fused-ring (bicyclic) bond motifs is 2. The molecular formula is C7H13NO. The Kier molecular flexibility index (Phi) is 1.08. The molecule has 2 heteroatoms. The summed E-state index contributed by atoms with van der Waals surface area (Å²) in [6.07, 6.45) is 1.31. The first kappa shape index (κ1) is 5.69. The lowest BCUT2D eigenvalue weighted by molar-refractivity contribution is -0.101. The summed E-state index contributed by atoms with van der Waals surface area (Å²) in [5, 5.41) is 9.32. The predicted octanol–water partition coefficient (Wildman–Crippen LogP) is -0.0712. The smallest absolute Gasteiger partial charge is 0.0621 e. The fourth-order valence-electron chi connectivity index (χ4n) is 2.10. The summed E-state index contributed by atoms with van der Waals surface area (Å²) in [7, 11) is 2.13. The van der Waals surface area contributed by atoms with E-state index in [4.69, 9.17) is 0 Å². The molecular weight excluding hydrogens is 114 g/mol. The molecule has 0 aromatic carbocycles. The molecule has 2 bridgehead atoms. The van der Waals surface area contributed by atoms with Gasteiger partial charge < -0.3 is 10.0 Å². The van der Waals surface area contributed by atoms with E-state index in [9.17, 15) is 5.11 Å². The van der Waals surface area contributed by atoms with Crippen LogP contribution in [0.15, 0.2) is 0 Å². The molecule has 0 aromatic heterocycles. The van der Waals surface area contributed by atoms with Crippen LogP contribution in [0.1, 0.15) is 6.42 Å². The van der Waals surface area contributed by atoms with Crippen molar-refractivity contribution in [3.8, 4) is 0 Å². The Hall–Kier alpha value is -0.0800. The van der Waals surface area contributed by atoms with Crippen LogP contribution < -0.4 is 0 Å². The molecule has 1 N–H and O–H groups in total. The minimum Gasteiger partial charge on any atom is -0.392 e. The summed E-state index contributed by atoms with van der Waals surface area (Å²) in [5.41, 5.74) is 0. The molecule has 2 aliphatic heterocycles. The van der Waals surface area contributed by atoms with Crippen LogP contribution in [0.5, 0.6) is 0 Å². The van der Waals surface area contributed by atoms with Crippen molar-refractivity contribution in [2.75, 3.05) is 20.1 Å². The maximum Gasteiger partial charge on any atom is 0.0621 e. The molecule has 0 amide bonds. The van der Waals surface area contributed by atoms with Crippen LogP contribution in [0.4, 0.5) is 0 Å². The molecule has 1 saturated carbocycles. The van der Waals surface area contributed by atoms with Gasteiger partial charge in [0.15, 0.2) is 0 Å². The molecule has 2 heterocycles. The van der Waals surface area contributed by atoms with Gasteiger partial charge in [0.1, 0.15) is 0 Å². The van der Waals surface area contributed by atoms with Gasteiger partial charge in [-0.25, -0.2) is 0 Å². The summed E-state index contributed by atoms with van der Waals surface area (Å²) in [6, 6.07) is 0. The van der Waals surface area contributed by atoms with E-state index in [0.717, 1.165) is 13.1 Å². The van der Waals surface area contributed by atoms with Gasteiger partial charge in [-0.05, 0) is 25.3 Å². The predicted molar refractivity (Wildman–Crippen MR) is 35.1 cm³/mol. The average Bonchev–Trinajstić information content (AvgIpc) is 1.87. The fraction of sp³-hybridized carbons (Fsp3) is 1.00. The third-order valence-corrected chi connectivity index (χ3v) is 2.66. The number of aliphatic hydroxyl groups excluding tert-OH is 1. The van der Waals surface area contributed by atoms with Gasteiger partial charge in [-0.15, -0.1) is 0 Å². The maximum atomic E-state index is 9.32. The standard InChI is InChI=1S/C7H13NO/c1-8-3-5-2-6(4-8)7(5)9/h5-7,9H,2-4H2,1H3/t5-,6+,7-. The lowest BCUT2D eigenvalue weighted by atomic mass is 9.68. The Morgan fingerprint density at radius 3 is 2.22 bits per heavy atom. The van der Waals surface area contributed by atoms with Crippen molar-refractivity contribution >= 4 is 0 Å². The highest BCUT2D eigenvalue weighted by Gasteiger charge is 2.44. The molecule has 0 spiro atoms. The Morgan fingerprint density at radius 2 is 1.89 bits per heavy atom. The van der Waals surface area contributed by atoms with Gasteiger partial charge in [0, 0.05) is 13.1 Å². The van der Waals surface area contributed by atoms with Crippen molar-refractivity contribution < 1.29 is 5.11 Å². The van der Waals surface area contributed by atoms with Crippen LogP contribution in [0.2, 0.25) is 0 Å². The van der Waals surface area contributed by atoms with Crippen LogP contribution in [-0.2, 0) is 0 Å². The van der Waals surface area contributed by atoms with Gasteiger partial charge in [0.05, 0.1) is 6.10 Å². The van der Waals surface area contributed by atoms with Crippen molar-refractivity contribution in [3.63, 3.8) is 0 Å². The number of aliphatic hydroxyl groups is 1. The third-order valence-electron chi connectivity index (χ3n) is 2.66. The van der Waals surface area contributed by atoms with Gasteiger partial charge >= 0.3 is 0 Å². The molecule has 2 nitrogen and oxygen atoms in total. The zero-order valence-corrected chi connectivity index (χ0v) is 5.75. The van der Waals surface area contributed by atoms with Gasteiger partial charge in [-0.3, -0.25) is 0 Å². The molecule has 2 saturated heterocycles. The summed E-state index contributed by atoms with van der Waals surface area (Å²) in [4.78, 5) is 2.31. The van der Waals surface area contributed by atoms with Gasteiger partial charge in [0.25, 0.3) is 0 Å². The minimum absolute atomic E-state index is 0.0428. The second-order valence-electron chi connectivity index (χ2n) is 3.47. The highest BCUT2D eigenvalue weighted by Crippen LogP contribution is 2.38. The third kappa shape index (κ3) is 0.700. The quantitative estimate of drug-likeness (QED) is 0.492. The number of rotatable bonds is 0. The Bertz CT molecular complexity index is 114. The van der Waals surface area contributed by atoms with E-state index in [-0.39, 0.29) is 6.10 Å². The Labute approximate surface area is 55.5 Å². The summed E-state index contributed by atoms with van der Waals surface area (Å²) >= 11 is 0. The van der Waals surface area contributed by atoms with Crippen molar-refractivity contribution in [1.29, 1.82) is 0 Å². The SMILES string of the molecule is CN1C[C@H]2C[C@@H](C1)[C@@H]2O. The molecule has 3 atom stereocenters. The van der Waals surface area contributed by atoms with Crippen molar-refractivity contribution in [2.24, 2.45) is 11.8 Å². The van der Waals surface area contributed by atoms with Crippen LogP contribution >= 0.6 is 0 Å². The maximum absolute atomic E-state index is 9.32. The van der Waals surface area contributed by atoms with Crippen molar-refractivity contribution in [1.82, 2.24) is 4.90 Å². The number of hydrogen-bond acceptors (Lipinski definition) is 2. The summed E-state index contributed by atoms with van der Waals surface area (Å²) < 4.78 is 0. The van der Waals surface area contributed by atoms with Crippen molar-refractivity contribution in [3.05, 3.63) is 0 Å². The van der Waals surface area contributed by atoms with Crippen LogP contribution in [0.3, 0.4) is 0 Å². The van der Waals surface area contributed by atoms with Gasteiger partial charge in [-0.1, -0.05) is 0 Å². The molecule has 1 aliphatic carbocycles. The lowest BCUT2D eigenvalue weighted by Gasteiger charge is -2.50. The fourth-order valence-corrected chi connectivity index (χ4v) is 2.10. The topological polar surface area (TPSA) is 23.5 Å². The lowest BCUT2D eigenvalue weighted by Crippen LogP contribution is -2.57. The summed E-state index contributed by atoms with van der Waals surface area (Å²) in [6.45, 7) is 2.22. The molecule has 52 valence electrons. The normalized spacial score (nSPS) is 50.7. The van der Waals surface area contributed by atoms with E-state index < -0.39 is 0 Å². The molecule has 3 aliphatic rings. The summed E-state index contributed by atoms with van der Waals surface area (Å²) in [5.74, 6) is 1.21. The number of piperidine rings is 2. The van der Waals surface area contributed by atoms with Crippen LogP contribution in [-0.4, -0.2) is 36.2 Å². The monoisotopic (exact) mass is 127 g/mol. The first-order valence-electron chi connectivity index (χ1n) is 3.64. The molecule has 9 heavy (non-hydrogen) atoms. The molecule has 0 aromatic rings. The van der Waals surface area contributed by atoms with E-state index in [1.807, 2.05) is 0 Å². The first-order chi connectivity index (χ1) is 4.27. The second-order valence-corrected chi connectivity index (χ2v) is 3.47. The van der Waals surface area contributed by atoms with Crippen LogP contribution in [0, 0.1) is 11.8 Å². The van der Waals surface area contributed by atoms with E-state index in [1.54, 1.807) is 0 Å². The van der Waals surface area contributed by atoms with E-state index in [1.165, 1.54) is 6.42 Å². The molecule has 0 radical (unpaired) electrons. The Balaban J connectivity index is 2.01. The van der Waals surface area contributed by atoms with E-state index >= 15 is 0 Å². The van der Waals surface area contributed by atoms with Crippen molar-refractivity contribution in [2.45, 2.75) is 12.5 Å². The first-order valence-corrected chi connectivity index (χ1v) is 3.64. The molecule has 3 fully saturated rings. The van der Waals surface area contributed by atoms with E-state index in [0.29, 0.717) is 11.8 Å². The van der Waals surface area contributed by atoms with Crippen LogP contribution in [0.25, 0.3) is 0 Å². The highest BCUT2D eigenvalue weighted by atomic mass is 16.3. The number of hydrogen-bond donors (Lipinski definition) is 1. The minimum atomic E-state index is 0.0428. The largest absolute Gasteiger partial charge is 0.392 e. The average molecular weight is 127 g/mol. The van der Waals surface area contributed by atoms with E-state index in [2.05, 4.69) is 11.9 Å². The van der Waals surface area contributed by atoms with Gasteiger partial charge in [-0.2, -0.15) is 0 Å². The second kappa shape index (κ2) is 1.70. The van der Waals surface area contributed by atoms with Gasteiger partial charge in [0.2, 0.25) is 0 Å². The Morgan fingerprint density at radius 1 is 1.33 bits per heavy atom. The zero-order chi connectivity index (χ0) is 6.43. The zero-order valence-electron chi connectivity index (χ0n) is 5.75.